The molecule has 1 aliphatic rings. The highest BCUT2D eigenvalue weighted by atomic mass is 32.1. The lowest BCUT2D eigenvalue weighted by molar-refractivity contribution is -0.127. The maximum absolute atomic E-state index is 13.6. The first kappa shape index (κ1) is 21.1. The summed E-state index contributed by atoms with van der Waals surface area (Å²) in [6, 6.07) is 12.6. The number of pyridine rings is 1. The van der Waals surface area contributed by atoms with Gasteiger partial charge in [-0.3, -0.25) is 14.6 Å². The molecule has 0 saturated heterocycles. The molecule has 8 heteroatoms. The topological polar surface area (TPSA) is 88.1 Å². The van der Waals surface area contributed by atoms with Crippen molar-refractivity contribution in [1.82, 2.24) is 23.9 Å². The van der Waals surface area contributed by atoms with E-state index in [-0.39, 0.29) is 30.1 Å². The summed E-state index contributed by atoms with van der Waals surface area (Å²) in [5.74, 6) is -0.497. The van der Waals surface area contributed by atoms with E-state index in [1.165, 1.54) is 12.6 Å². The largest absolute Gasteiger partial charge is 0.351 e. The van der Waals surface area contributed by atoms with Gasteiger partial charge >= 0.3 is 0 Å². The summed E-state index contributed by atoms with van der Waals surface area (Å²) < 4.78 is 8.10. The van der Waals surface area contributed by atoms with Crippen LogP contribution in [-0.4, -0.2) is 36.5 Å². The summed E-state index contributed by atoms with van der Waals surface area (Å²) in [5, 5.41) is 3.20. The van der Waals surface area contributed by atoms with Crippen molar-refractivity contribution in [1.29, 1.82) is 0 Å². The molecule has 7 nitrogen and oxygen atoms in total. The van der Waals surface area contributed by atoms with E-state index < -0.39 is 6.04 Å². The first-order valence-corrected chi connectivity index (χ1v) is 11.3. The van der Waals surface area contributed by atoms with Crippen molar-refractivity contribution in [3.8, 4) is 0 Å². The number of nitrogens with zero attached hydrogens (tertiary/aromatic N) is 4. The normalized spacial score (nSPS) is 15.2. The standard InChI is InChI=1S/C23H25N5O2S/c29-22(26-19-9-5-2-6-10-19)21(18-11-13-24-14-12-18)28(16-17-7-3-1-4-8-17)23(30)20-15-25-31-27-20/h1,3-4,7-8,11-15,19,21H,2,5-6,9-10,16H2,(H,26,29). The molecule has 2 aromatic heterocycles. The van der Waals surface area contributed by atoms with Crippen molar-refractivity contribution in [2.24, 2.45) is 0 Å². The Balaban J connectivity index is 1.69. The Labute approximate surface area is 185 Å². The number of nitrogens with one attached hydrogen (secondary N) is 1. The van der Waals surface area contributed by atoms with E-state index in [4.69, 9.17) is 0 Å². The van der Waals surface area contributed by atoms with Gasteiger partial charge in [0, 0.05) is 25.0 Å². The minimum absolute atomic E-state index is 0.139. The lowest BCUT2D eigenvalue weighted by Gasteiger charge is -2.33. The SMILES string of the molecule is O=C(NC1CCCCC1)C(c1ccncc1)N(Cc1ccccc1)C(=O)c1cnsn1. The van der Waals surface area contributed by atoms with Crippen molar-refractivity contribution in [2.45, 2.75) is 50.7 Å². The van der Waals surface area contributed by atoms with Gasteiger partial charge in [-0.2, -0.15) is 8.75 Å². The fraction of sp³-hybridized carbons (Fsp3) is 0.348. The van der Waals surface area contributed by atoms with Crippen molar-refractivity contribution < 1.29 is 9.59 Å². The number of rotatable bonds is 7. The Morgan fingerprint density at radius 2 is 1.81 bits per heavy atom. The van der Waals surface area contributed by atoms with Crippen molar-refractivity contribution in [3.63, 3.8) is 0 Å². The zero-order chi connectivity index (χ0) is 21.5. The van der Waals surface area contributed by atoms with Gasteiger partial charge in [-0.1, -0.05) is 49.6 Å². The van der Waals surface area contributed by atoms with E-state index in [2.05, 4.69) is 19.0 Å². The summed E-state index contributed by atoms with van der Waals surface area (Å²) in [7, 11) is 0. The maximum Gasteiger partial charge on any atom is 0.276 e. The molecule has 1 saturated carbocycles. The van der Waals surface area contributed by atoms with Crippen molar-refractivity contribution in [2.75, 3.05) is 0 Å². The molecule has 1 fully saturated rings. The number of amides is 2. The molecule has 1 N–H and O–H groups in total. The van der Waals surface area contributed by atoms with E-state index in [9.17, 15) is 9.59 Å². The Kier molecular flexibility index (Phi) is 6.99. The molecule has 2 heterocycles. The molecule has 1 aromatic carbocycles. The quantitative estimate of drug-likeness (QED) is 0.610. The summed E-state index contributed by atoms with van der Waals surface area (Å²) in [6.07, 6.45) is 10.1. The number of hydrogen-bond donors (Lipinski definition) is 1. The molecule has 160 valence electrons. The highest BCUT2D eigenvalue weighted by molar-refractivity contribution is 6.99. The van der Waals surface area contributed by atoms with Gasteiger partial charge in [0.25, 0.3) is 5.91 Å². The third-order valence-corrected chi connectivity index (χ3v) is 6.05. The van der Waals surface area contributed by atoms with E-state index in [1.54, 1.807) is 29.4 Å². The highest BCUT2D eigenvalue weighted by Gasteiger charge is 2.34. The van der Waals surface area contributed by atoms with Gasteiger partial charge in [-0.15, -0.1) is 0 Å². The van der Waals surface area contributed by atoms with Gasteiger partial charge in [0.05, 0.1) is 17.9 Å². The molecule has 31 heavy (non-hydrogen) atoms. The van der Waals surface area contributed by atoms with Crippen LogP contribution in [0.5, 0.6) is 0 Å². The summed E-state index contributed by atoms with van der Waals surface area (Å²) in [6.45, 7) is 0.280. The van der Waals surface area contributed by atoms with Crippen LogP contribution in [0.15, 0.2) is 61.1 Å². The number of carbonyl (C=O) groups excluding carboxylic acids is 2. The van der Waals surface area contributed by atoms with Crippen LogP contribution in [0.3, 0.4) is 0 Å². The van der Waals surface area contributed by atoms with Crippen molar-refractivity contribution >= 4 is 23.5 Å². The molecule has 4 rings (SSSR count). The smallest absolute Gasteiger partial charge is 0.276 e. The fourth-order valence-electron chi connectivity index (χ4n) is 4.01. The van der Waals surface area contributed by atoms with E-state index in [0.717, 1.165) is 48.5 Å². The average molecular weight is 436 g/mol. The zero-order valence-electron chi connectivity index (χ0n) is 17.2. The van der Waals surface area contributed by atoms with E-state index in [1.807, 2.05) is 30.3 Å². The Morgan fingerprint density at radius 3 is 2.48 bits per heavy atom. The number of benzene rings is 1. The fourth-order valence-corrected chi connectivity index (χ4v) is 4.42. The summed E-state index contributed by atoms with van der Waals surface area (Å²) >= 11 is 0.978. The van der Waals surface area contributed by atoms with Crippen LogP contribution >= 0.6 is 11.7 Å². The monoisotopic (exact) mass is 435 g/mol. The predicted molar refractivity (Wildman–Crippen MR) is 118 cm³/mol. The third kappa shape index (κ3) is 5.32. The number of hydrogen-bond acceptors (Lipinski definition) is 6. The van der Waals surface area contributed by atoms with Gasteiger partial charge in [0.1, 0.15) is 6.04 Å². The molecule has 3 aromatic rings. The molecule has 2 amide bonds. The third-order valence-electron chi connectivity index (χ3n) is 5.57. The Bertz CT molecular complexity index is 976. The lowest BCUT2D eigenvalue weighted by Crippen LogP contribution is -2.47. The first-order valence-electron chi connectivity index (χ1n) is 10.5. The van der Waals surface area contributed by atoms with Gasteiger partial charge in [0.2, 0.25) is 5.91 Å². The highest BCUT2D eigenvalue weighted by Crippen LogP contribution is 2.26. The molecule has 0 spiro atoms. The van der Waals surface area contributed by atoms with E-state index in [0.29, 0.717) is 0 Å². The van der Waals surface area contributed by atoms with Gasteiger partial charge in [0.15, 0.2) is 5.69 Å². The molecule has 0 aliphatic heterocycles. The predicted octanol–water partition coefficient (Wildman–Crippen LogP) is 3.77. The van der Waals surface area contributed by atoms with Gasteiger partial charge in [-0.25, -0.2) is 0 Å². The molecule has 1 aliphatic carbocycles. The second-order valence-electron chi connectivity index (χ2n) is 7.74. The van der Waals surface area contributed by atoms with Crippen molar-refractivity contribution in [3.05, 3.63) is 77.9 Å². The van der Waals surface area contributed by atoms with Crippen LogP contribution in [0.2, 0.25) is 0 Å². The lowest BCUT2D eigenvalue weighted by atomic mass is 9.94. The second-order valence-corrected chi connectivity index (χ2v) is 8.29. The number of aromatic nitrogens is 3. The van der Waals surface area contributed by atoms with E-state index >= 15 is 0 Å². The number of carbonyl (C=O) groups is 2. The molecule has 0 bridgehead atoms. The van der Waals surface area contributed by atoms with Gasteiger partial charge in [-0.05, 0) is 36.1 Å². The first-order chi connectivity index (χ1) is 15.2. The molecule has 1 atom stereocenters. The van der Waals surface area contributed by atoms with Crippen LogP contribution in [0.25, 0.3) is 0 Å². The summed E-state index contributed by atoms with van der Waals surface area (Å²) in [5.41, 5.74) is 1.89. The van der Waals surface area contributed by atoms with Crippen LogP contribution in [0.1, 0.15) is 59.8 Å². The average Bonchev–Trinajstić information content (AvgIpc) is 3.35. The van der Waals surface area contributed by atoms with Crippen LogP contribution in [0.4, 0.5) is 0 Å². The minimum Gasteiger partial charge on any atom is -0.351 e. The maximum atomic E-state index is 13.6. The molecular weight excluding hydrogens is 410 g/mol. The zero-order valence-corrected chi connectivity index (χ0v) is 18.0. The molecule has 1 unspecified atom stereocenters. The second kappa shape index (κ2) is 10.3. The van der Waals surface area contributed by atoms with Gasteiger partial charge < -0.3 is 10.2 Å². The Morgan fingerprint density at radius 1 is 1.06 bits per heavy atom. The van der Waals surface area contributed by atoms with Crippen LogP contribution < -0.4 is 5.32 Å². The minimum atomic E-state index is -0.792. The molecular formula is C23H25N5O2S. The molecule has 0 radical (unpaired) electrons. The summed E-state index contributed by atoms with van der Waals surface area (Å²) in [4.78, 5) is 32.7. The van der Waals surface area contributed by atoms with Crippen LogP contribution in [-0.2, 0) is 11.3 Å². The Hall–Kier alpha value is -3.13. The van der Waals surface area contributed by atoms with Crippen LogP contribution in [0, 0.1) is 0 Å².